The van der Waals surface area contributed by atoms with Gasteiger partial charge in [0.25, 0.3) is 5.91 Å². The van der Waals surface area contributed by atoms with E-state index in [0.717, 1.165) is 9.75 Å². The molecule has 4 heterocycles. The molecule has 0 unspecified atom stereocenters. The van der Waals surface area contributed by atoms with Gasteiger partial charge in [-0.3, -0.25) is 9.69 Å². The molecule has 1 aromatic heterocycles. The maximum absolute atomic E-state index is 12.7. The lowest BCUT2D eigenvalue weighted by molar-refractivity contribution is 0.0218. The molecule has 1 amide bonds. The van der Waals surface area contributed by atoms with Crippen LogP contribution in [0.2, 0.25) is 0 Å². The fraction of sp³-hybridized carbons (Fsp3) is 0.421. The molecule has 0 saturated carbocycles. The summed E-state index contributed by atoms with van der Waals surface area (Å²) in [6.45, 7) is 4.63. The lowest BCUT2D eigenvalue weighted by atomic mass is 9.79. The van der Waals surface area contributed by atoms with Crippen molar-refractivity contribution in [3.8, 4) is 10.4 Å². The minimum absolute atomic E-state index is 0.0859. The molecule has 3 aliphatic rings. The molecule has 1 N–H and O–H groups in total. The van der Waals surface area contributed by atoms with E-state index in [1.807, 2.05) is 24.3 Å². The highest BCUT2D eigenvalue weighted by Crippen LogP contribution is 2.33. The Morgan fingerprint density at radius 1 is 1.13 bits per heavy atom. The zero-order valence-electron chi connectivity index (χ0n) is 13.4. The van der Waals surface area contributed by atoms with Crippen molar-refractivity contribution >= 4 is 17.2 Å². The van der Waals surface area contributed by atoms with Gasteiger partial charge in [0.05, 0.1) is 4.88 Å². The van der Waals surface area contributed by atoms with Crippen LogP contribution < -0.4 is 5.32 Å². The zero-order valence-corrected chi connectivity index (χ0v) is 14.2. The number of nitrogens with one attached hydrogen (secondary N) is 1. The normalized spacial score (nSPS) is 29.4. The van der Waals surface area contributed by atoms with Crippen molar-refractivity contribution in [2.24, 2.45) is 5.92 Å². The van der Waals surface area contributed by atoms with Gasteiger partial charge in [0, 0.05) is 17.0 Å². The van der Waals surface area contributed by atoms with Gasteiger partial charge in [-0.15, -0.1) is 11.3 Å². The number of benzene rings is 1. The standard InChI is InChI=1S/C19H22N2OS/c1-13-18(15-9-11-21(13)12-10-15)20-19(22)17-8-7-16(23-17)14-5-3-2-4-6-14/h2-8,13,15,18H,9-12H2,1H3,(H,20,22)/t13-,18-/m0/s1. The number of thiophene rings is 1. The Kier molecular flexibility index (Phi) is 3.95. The van der Waals surface area contributed by atoms with Crippen molar-refractivity contribution < 1.29 is 4.79 Å². The fourth-order valence-corrected chi connectivity index (χ4v) is 4.90. The number of fused-ring (bicyclic) bond motifs is 3. The zero-order chi connectivity index (χ0) is 15.8. The quantitative estimate of drug-likeness (QED) is 0.934. The molecule has 2 bridgehead atoms. The highest BCUT2D eigenvalue weighted by atomic mass is 32.1. The third-order valence-electron chi connectivity index (χ3n) is 5.36. The van der Waals surface area contributed by atoms with Crippen molar-refractivity contribution in [2.45, 2.75) is 31.8 Å². The first-order valence-electron chi connectivity index (χ1n) is 8.42. The summed E-state index contributed by atoms with van der Waals surface area (Å²) >= 11 is 1.58. The predicted molar refractivity (Wildman–Crippen MR) is 94.8 cm³/mol. The molecule has 3 saturated heterocycles. The molecular weight excluding hydrogens is 304 g/mol. The maximum atomic E-state index is 12.7. The Morgan fingerprint density at radius 3 is 2.57 bits per heavy atom. The number of rotatable bonds is 3. The average Bonchev–Trinajstić information content (AvgIpc) is 3.09. The molecular formula is C19H22N2OS. The highest BCUT2D eigenvalue weighted by Gasteiger charge is 2.40. The fourth-order valence-electron chi connectivity index (χ4n) is 3.99. The van der Waals surface area contributed by atoms with Crippen LogP contribution >= 0.6 is 11.3 Å². The summed E-state index contributed by atoms with van der Waals surface area (Å²) in [6, 6.07) is 15.0. The summed E-state index contributed by atoms with van der Waals surface area (Å²) in [6.07, 6.45) is 2.43. The van der Waals surface area contributed by atoms with Crippen LogP contribution in [0.3, 0.4) is 0 Å². The summed E-state index contributed by atoms with van der Waals surface area (Å²) in [4.78, 5) is 17.1. The van der Waals surface area contributed by atoms with Crippen LogP contribution in [0.15, 0.2) is 42.5 Å². The molecule has 120 valence electrons. The number of amides is 1. The Labute approximate surface area is 141 Å². The second-order valence-corrected chi connectivity index (χ2v) is 7.73. The van der Waals surface area contributed by atoms with E-state index in [1.54, 1.807) is 11.3 Å². The van der Waals surface area contributed by atoms with Gasteiger partial charge in [0.1, 0.15) is 0 Å². The molecule has 23 heavy (non-hydrogen) atoms. The van der Waals surface area contributed by atoms with E-state index in [2.05, 4.69) is 35.3 Å². The van der Waals surface area contributed by atoms with Crippen molar-refractivity contribution in [1.29, 1.82) is 0 Å². The summed E-state index contributed by atoms with van der Waals surface area (Å²) in [7, 11) is 0. The summed E-state index contributed by atoms with van der Waals surface area (Å²) in [5.74, 6) is 0.732. The van der Waals surface area contributed by atoms with E-state index in [-0.39, 0.29) is 5.91 Å². The topological polar surface area (TPSA) is 32.3 Å². The van der Waals surface area contributed by atoms with Gasteiger partial charge in [0.2, 0.25) is 0 Å². The molecule has 2 atom stereocenters. The monoisotopic (exact) mass is 326 g/mol. The molecule has 4 heteroatoms. The molecule has 1 aromatic carbocycles. The Balaban J connectivity index is 1.49. The van der Waals surface area contributed by atoms with Crippen LogP contribution in [0.25, 0.3) is 10.4 Å². The molecule has 3 aliphatic heterocycles. The van der Waals surface area contributed by atoms with Gasteiger partial charge < -0.3 is 5.32 Å². The first-order chi connectivity index (χ1) is 11.2. The van der Waals surface area contributed by atoms with Crippen LogP contribution in [0, 0.1) is 5.92 Å². The number of carbonyl (C=O) groups excluding carboxylic acids is 1. The molecule has 5 rings (SSSR count). The van der Waals surface area contributed by atoms with Crippen LogP contribution in [0.4, 0.5) is 0 Å². The second kappa shape index (κ2) is 6.10. The third-order valence-corrected chi connectivity index (χ3v) is 6.50. The smallest absolute Gasteiger partial charge is 0.261 e. The highest BCUT2D eigenvalue weighted by molar-refractivity contribution is 7.17. The largest absolute Gasteiger partial charge is 0.347 e. The molecule has 0 aliphatic carbocycles. The number of nitrogens with zero attached hydrogens (tertiary/aromatic N) is 1. The first-order valence-corrected chi connectivity index (χ1v) is 9.24. The Morgan fingerprint density at radius 2 is 1.87 bits per heavy atom. The minimum Gasteiger partial charge on any atom is -0.347 e. The van der Waals surface area contributed by atoms with E-state index >= 15 is 0 Å². The molecule has 0 radical (unpaired) electrons. The molecule has 2 aromatic rings. The summed E-state index contributed by atoms with van der Waals surface area (Å²) < 4.78 is 0. The van der Waals surface area contributed by atoms with Crippen molar-refractivity contribution in [1.82, 2.24) is 10.2 Å². The number of hydrogen-bond donors (Lipinski definition) is 1. The number of carbonyl (C=O) groups is 1. The van der Waals surface area contributed by atoms with Crippen LogP contribution in [-0.4, -0.2) is 36.0 Å². The molecule has 3 nitrogen and oxygen atoms in total. The lowest BCUT2D eigenvalue weighted by Crippen LogP contribution is -2.62. The maximum Gasteiger partial charge on any atom is 0.261 e. The van der Waals surface area contributed by atoms with E-state index < -0.39 is 0 Å². The summed E-state index contributed by atoms with van der Waals surface area (Å²) in [5.41, 5.74) is 1.17. The van der Waals surface area contributed by atoms with Gasteiger partial charge in [0.15, 0.2) is 0 Å². The molecule has 0 spiro atoms. The van der Waals surface area contributed by atoms with E-state index in [0.29, 0.717) is 18.0 Å². The van der Waals surface area contributed by atoms with Crippen LogP contribution in [-0.2, 0) is 0 Å². The van der Waals surface area contributed by atoms with Gasteiger partial charge >= 0.3 is 0 Å². The van der Waals surface area contributed by atoms with Crippen LogP contribution in [0.5, 0.6) is 0 Å². The third kappa shape index (κ3) is 2.81. The first kappa shape index (κ1) is 14.9. The van der Waals surface area contributed by atoms with Gasteiger partial charge in [-0.1, -0.05) is 30.3 Å². The van der Waals surface area contributed by atoms with Crippen molar-refractivity contribution in [3.05, 3.63) is 47.3 Å². The van der Waals surface area contributed by atoms with Crippen LogP contribution in [0.1, 0.15) is 29.4 Å². The van der Waals surface area contributed by atoms with Gasteiger partial charge in [-0.2, -0.15) is 0 Å². The van der Waals surface area contributed by atoms with E-state index in [9.17, 15) is 4.79 Å². The van der Waals surface area contributed by atoms with Crippen molar-refractivity contribution in [3.63, 3.8) is 0 Å². The Hall–Kier alpha value is -1.65. The Bertz CT molecular complexity index is 686. The average molecular weight is 326 g/mol. The number of piperidine rings is 3. The number of hydrogen-bond acceptors (Lipinski definition) is 3. The lowest BCUT2D eigenvalue weighted by Gasteiger charge is -2.49. The minimum atomic E-state index is 0.0859. The SMILES string of the molecule is C[C@H]1[C@H](NC(=O)c2ccc(-c3ccccc3)s2)C2CCN1CC2. The second-order valence-electron chi connectivity index (χ2n) is 6.64. The summed E-state index contributed by atoms with van der Waals surface area (Å²) in [5, 5.41) is 3.31. The molecule has 3 fully saturated rings. The van der Waals surface area contributed by atoms with E-state index in [4.69, 9.17) is 0 Å². The predicted octanol–water partition coefficient (Wildman–Crippen LogP) is 3.63. The van der Waals surface area contributed by atoms with E-state index in [1.165, 1.54) is 31.5 Å². The van der Waals surface area contributed by atoms with Gasteiger partial charge in [-0.25, -0.2) is 0 Å². The van der Waals surface area contributed by atoms with Gasteiger partial charge in [-0.05, 0) is 56.5 Å². The van der Waals surface area contributed by atoms with Crippen molar-refractivity contribution in [2.75, 3.05) is 13.1 Å².